The molecule has 2 heterocycles. The van der Waals surface area contributed by atoms with E-state index in [1.807, 2.05) is 18.7 Å². The highest BCUT2D eigenvalue weighted by Gasteiger charge is 2.42. The first-order valence-electron chi connectivity index (χ1n) is 7.85. The van der Waals surface area contributed by atoms with E-state index in [1.54, 1.807) is 0 Å². The molecule has 1 unspecified atom stereocenters. The van der Waals surface area contributed by atoms with E-state index in [-0.39, 0.29) is 11.4 Å². The van der Waals surface area contributed by atoms with Crippen LogP contribution in [0.4, 0.5) is 0 Å². The lowest BCUT2D eigenvalue weighted by Crippen LogP contribution is -2.59. The van der Waals surface area contributed by atoms with Gasteiger partial charge in [0.25, 0.3) is 0 Å². The number of hydrogen-bond donors (Lipinski definition) is 2. The quantitative estimate of drug-likeness (QED) is 0.786. The second kappa shape index (κ2) is 6.00. The average Bonchev–Trinajstić information content (AvgIpc) is 2.87. The second-order valence-corrected chi connectivity index (χ2v) is 6.85. The predicted molar refractivity (Wildman–Crippen MR) is 79.6 cm³/mol. The number of amides is 1. The maximum atomic E-state index is 12.7. The first-order valence-corrected chi connectivity index (χ1v) is 7.85. The summed E-state index contributed by atoms with van der Waals surface area (Å²) >= 11 is 0. The van der Waals surface area contributed by atoms with Gasteiger partial charge in [-0.3, -0.25) is 9.69 Å². The number of piperazine rings is 1. The van der Waals surface area contributed by atoms with Gasteiger partial charge in [0.15, 0.2) is 0 Å². The fourth-order valence-electron chi connectivity index (χ4n) is 3.40. The van der Waals surface area contributed by atoms with E-state index in [4.69, 9.17) is 0 Å². The van der Waals surface area contributed by atoms with Gasteiger partial charge in [-0.15, -0.1) is 0 Å². The molecule has 5 nitrogen and oxygen atoms in total. The molecule has 0 aromatic heterocycles. The molecule has 2 aliphatic heterocycles. The number of hydrogen-bond acceptors (Lipinski definition) is 4. The molecule has 5 heteroatoms. The fourth-order valence-corrected chi connectivity index (χ4v) is 3.40. The van der Waals surface area contributed by atoms with Crippen molar-refractivity contribution in [2.75, 3.05) is 39.3 Å². The molecule has 1 amide bonds. The van der Waals surface area contributed by atoms with Gasteiger partial charge in [-0.1, -0.05) is 6.92 Å². The Morgan fingerprint density at radius 2 is 1.95 bits per heavy atom. The van der Waals surface area contributed by atoms with Gasteiger partial charge in [0.1, 0.15) is 0 Å². The van der Waals surface area contributed by atoms with Gasteiger partial charge < -0.3 is 15.3 Å². The van der Waals surface area contributed by atoms with E-state index in [1.165, 1.54) is 0 Å². The molecule has 0 radical (unpaired) electrons. The number of carbonyl (C=O) groups is 1. The van der Waals surface area contributed by atoms with E-state index in [0.29, 0.717) is 6.54 Å². The van der Waals surface area contributed by atoms with Crippen molar-refractivity contribution in [3.05, 3.63) is 0 Å². The van der Waals surface area contributed by atoms with Gasteiger partial charge in [-0.25, -0.2) is 0 Å². The van der Waals surface area contributed by atoms with Gasteiger partial charge >= 0.3 is 0 Å². The van der Waals surface area contributed by atoms with E-state index < -0.39 is 5.60 Å². The smallest absolute Gasteiger partial charge is 0.242 e. The van der Waals surface area contributed by atoms with Crippen LogP contribution in [0.1, 0.15) is 40.0 Å². The van der Waals surface area contributed by atoms with Gasteiger partial charge in [0, 0.05) is 32.7 Å². The number of nitrogens with one attached hydrogen (secondary N) is 1. The van der Waals surface area contributed by atoms with E-state index >= 15 is 0 Å². The van der Waals surface area contributed by atoms with Crippen LogP contribution >= 0.6 is 0 Å². The summed E-state index contributed by atoms with van der Waals surface area (Å²) in [4.78, 5) is 17.0. The summed E-state index contributed by atoms with van der Waals surface area (Å²) in [6, 6.07) is 0. The van der Waals surface area contributed by atoms with E-state index in [9.17, 15) is 9.90 Å². The van der Waals surface area contributed by atoms with Crippen LogP contribution in [-0.2, 0) is 4.79 Å². The lowest BCUT2D eigenvalue weighted by Gasteiger charge is -2.40. The Morgan fingerprint density at radius 1 is 1.30 bits per heavy atom. The maximum Gasteiger partial charge on any atom is 0.242 e. The predicted octanol–water partition coefficient (Wildman–Crippen LogP) is 0.434. The minimum atomic E-state index is -0.663. The number of carbonyl (C=O) groups excluding carboxylic acids is 1. The van der Waals surface area contributed by atoms with Gasteiger partial charge in [0.05, 0.1) is 11.1 Å². The highest BCUT2D eigenvalue weighted by atomic mass is 16.3. The SMILES string of the molecule is CCC1(C(=O)N2CCN(CC(C)(C)O)CC2)CCCN1. The molecule has 2 rings (SSSR count). The molecule has 0 aromatic rings. The number of aliphatic hydroxyl groups is 1. The van der Waals surface area contributed by atoms with Crippen molar-refractivity contribution in [1.29, 1.82) is 0 Å². The molecule has 0 saturated carbocycles. The first-order chi connectivity index (χ1) is 9.36. The maximum absolute atomic E-state index is 12.7. The van der Waals surface area contributed by atoms with Crippen LogP contribution in [0.25, 0.3) is 0 Å². The summed E-state index contributed by atoms with van der Waals surface area (Å²) in [7, 11) is 0. The van der Waals surface area contributed by atoms with Crippen LogP contribution in [0.3, 0.4) is 0 Å². The molecule has 2 aliphatic rings. The molecule has 0 bridgehead atoms. The van der Waals surface area contributed by atoms with E-state index in [2.05, 4.69) is 17.1 Å². The zero-order valence-corrected chi connectivity index (χ0v) is 13.1. The van der Waals surface area contributed by atoms with Crippen LogP contribution in [0, 0.1) is 0 Å². The van der Waals surface area contributed by atoms with Gasteiger partial charge in [0.2, 0.25) is 5.91 Å². The summed E-state index contributed by atoms with van der Waals surface area (Å²) in [6.45, 7) is 10.7. The summed E-state index contributed by atoms with van der Waals surface area (Å²) in [5.74, 6) is 0.278. The minimum absolute atomic E-state index is 0.278. The molecule has 0 aromatic carbocycles. The minimum Gasteiger partial charge on any atom is -0.389 e. The number of rotatable bonds is 4. The standard InChI is InChI=1S/C15H29N3O2/c1-4-15(6-5-7-16-15)13(19)18-10-8-17(9-11-18)12-14(2,3)20/h16,20H,4-12H2,1-3H3. The Bertz CT molecular complexity index is 338. The fraction of sp³-hybridized carbons (Fsp3) is 0.933. The molecule has 0 spiro atoms. The van der Waals surface area contributed by atoms with Crippen LogP contribution in [-0.4, -0.2) is 71.2 Å². The van der Waals surface area contributed by atoms with Crippen LogP contribution in [0.15, 0.2) is 0 Å². The molecule has 2 saturated heterocycles. The van der Waals surface area contributed by atoms with Crippen LogP contribution in [0.5, 0.6) is 0 Å². The molecule has 2 N–H and O–H groups in total. The van der Waals surface area contributed by atoms with E-state index in [0.717, 1.165) is 52.0 Å². The first kappa shape index (κ1) is 15.7. The third-order valence-corrected chi connectivity index (χ3v) is 4.53. The molecular weight excluding hydrogens is 254 g/mol. The Morgan fingerprint density at radius 3 is 2.40 bits per heavy atom. The van der Waals surface area contributed by atoms with Crippen LogP contribution < -0.4 is 5.32 Å². The van der Waals surface area contributed by atoms with Crippen molar-refractivity contribution < 1.29 is 9.90 Å². The van der Waals surface area contributed by atoms with Crippen molar-refractivity contribution in [3.63, 3.8) is 0 Å². The highest BCUT2D eigenvalue weighted by Crippen LogP contribution is 2.26. The molecule has 2 fully saturated rings. The van der Waals surface area contributed by atoms with Gasteiger partial charge in [-0.2, -0.15) is 0 Å². The lowest BCUT2D eigenvalue weighted by molar-refractivity contribution is -0.140. The Hall–Kier alpha value is -0.650. The number of nitrogens with zero attached hydrogens (tertiary/aromatic N) is 2. The van der Waals surface area contributed by atoms with Crippen molar-refractivity contribution >= 4 is 5.91 Å². The largest absolute Gasteiger partial charge is 0.389 e. The summed E-state index contributed by atoms with van der Waals surface area (Å²) < 4.78 is 0. The summed E-state index contributed by atoms with van der Waals surface area (Å²) in [5, 5.41) is 13.3. The Kier molecular flexibility index (Phi) is 4.72. The zero-order valence-electron chi connectivity index (χ0n) is 13.1. The monoisotopic (exact) mass is 283 g/mol. The van der Waals surface area contributed by atoms with Crippen molar-refractivity contribution in [1.82, 2.24) is 15.1 Å². The Labute approximate surface area is 122 Å². The average molecular weight is 283 g/mol. The molecular formula is C15H29N3O2. The molecule has 1 atom stereocenters. The third-order valence-electron chi connectivity index (χ3n) is 4.53. The molecule has 116 valence electrons. The third kappa shape index (κ3) is 3.51. The summed E-state index contributed by atoms with van der Waals surface area (Å²) in [5.41, 5.74) is -0.970. The zero-order chi connectivity index (χ0) is 14.8. The van der Waals surface area contributed by atoms with Crippen LogP contribution in [0.2, 0.25) is 0 Å². The topological polar surface area (TPSA) is 55.8 Å². The second-order valence-electron chi connectivity index (χ2n) is 6.85. The highest BCUT2D eigenvalue weighted by molar-refractivity contribution is 5.86. The van der Waals surface area contributed by atoms with Crippen molar-refractivity contribution in [2.24, 2.45) is 0 Å². The molecule has 20 heavy (non-hydrogen) atoms. The normalized spacial score (nSPS) is 28.9. The Balaban J connectivity index is 1.88. The van der Waals surface area contributed by atoms with Crippen molar-refractivity contribution in [2.45, 2.75) is 51.2 Å². The molecule has 0 aliphatic carbocycles. The lowest BCUT2D eigenvalue weighted by atomic mass is 9.92. The van der Waals surface area contributed by atoms with Gasteiger partial charge in [-0.05, 0) is 39.7 Å². The number of β-amino-alcohol motifs (C(OH)–C–C–N with tert-alkyl or cyclic N) is 1. The van der Waals surface area contributed by atoms with Crippen molar-refractivity contribution in [3.8, 4) is 0 Å². The summed E-state index contributed by atoms with van der Waals surface area (Å²) in [6.07, 6.45) is 2.93.